The van der Waals surface area contributed by atoms with Gasteiger partial charge in [0.15, 0.2) is 5.75 Å². The molecule has 0 spiro atoms. The number of carbonyl (C=O) groups excluding carboxylic acids is 1. The second-order valence-corrected chi connectivity index (χ2v) is 5.27. The van der Waals surface area contributed by atoms with E-state index < -0.39 is 4.92 Å². The zero-order valence-electron chi connectivity index (χ0n) is 13.3. The van der Waals surface area contributed by atoms with Gasteiger partial charge in [0.05, 0.1) is 11.5 Å². The highest BCUT2D eigenvalue weighted by molar-refractivity contribution is 5.95. The van der Waals surface area contributed by atoms with Crippen molar-refractivity contribution in [2.75, 3.05) is 26.7 Å². The molecule has 1 heterocycles. The van der Waals surface area contributed by atoms with Gasteiger partial charge in [-0.3, -0.25) is 14.9 Å². The Labute approximate surface area is 141 Å². The van der Waals surface area contributed by atoms with Crippen molar-refractivity contribution in [2.45, 2.75) is 25.8 Å². The van der Waals surface area contributed by atoms with Gasteiger partial charge in [0.1, 0.15) is 0 Å². The van der Waals surface area contributed by atoms with Gasteiger partial charge in [0.2, 0.25) is 0 Å². The van der Waals surface area contributed by atoms with E-state index in [9.17, 15) is 14.9 Å². The van der Waals surface area contributed by atoms with E-state index in [4.69, 9.17) is 4.74 Å². The maximum Gasteiger partial charge on any atom is 0.311 e. The maximum atomic E-state index is 12.5. The lowest BCUT2D eigenvalue weighted by molar-refractivity contribution is -0.385. The van der Waals surface area contributed by atoms with Crippen molar-refractivity contribution < 1.29 is 14.5 Å². The largest absolute Gasteiger partial charge is 0.487 e. The van der Waals surface area contributed by atoms with Gasteiger partial charge in [0.25, 0.3) is 5.91 Å². The minimum atomic E-state index is -0.522. The quantitative estimate of drug-likeness (QED) is 0.654. The van der Waals surface area contributed by atoms with Crippen LogP contribution in [-0.4, -0.2) is 48.5 Å². The predicted molar refractivity (Wildman–Crippen MR) is 89.5 cm³/mol. The first-order chi connectivity index (χ1) is 10.5. The number of piperidine rings is 1. The van der Waals surface area contributed by atoms with Gasteiger partial charge in [-0.2, -0.15) is 0 Å². The third kappa shape index (κ3) is 4.56. The van der Waals surface area contributed by atoms with Crippen LogP contribution < -0.4 is 10.1 Å². The molecule has 1 fully saturated rings. The normalized spacial score (nSPS) is 14.7. The minimum absolute atomic E-state index is 0. The van der Waals surface area contributed by atoms with E-state index in [0.717, 1.165) is 25.9 Å². The number of nitro groups is 1. The minimum Gasteiger partial charge on any atom is -0.487 e. The third-order valence-electron chi connectivity index (χ3n) is 3.88. The summed E-state index contributed by atoms with van der Waals surface area (Å²) in [4.78, 5) is 24.8. The molecule has 1 saturated heterocycles. The molecule has 0 atom stereocenters. The molecule has 2 rings (SSSR count). The van der Waals surface area contributed by atoms with Crippen LogP contribution in [0.4, 0.5) is 5.69 Å². The molecule has 0 aromatic heterocycles. The first-order valence-electron chi connectivity index (χ1n) is 7.43. The fourth-order valence-electron chi connectivity index (χ4n) is 2.63. The van der Waals surface area contributed by atoms with E-state index >= 15 is 0 Å². The van der Waals surface area contributed by atoms with Crippen LogP contribution in [0, 0.1) is 10.1 Å². The zero-order chi connectivity index (χ0) is 16.1. The topological polar surface area (TPSA) is 84.7 Å². The Balaban J connectivity index is 0.00000264. The Morgan fingerprint density at radius 2 is 2.09 bits per heavy atom. The number of rotatable bonds is 5. The summed E-state index contributed by atoms with van der Waals surface area (Å²) in [5.41, 5.74) is 0.141. The Kier molecular flexibility index (Phi) is 7.25. The predicted octanol–water partition coefficient (Wildman–Crippen LogP) is 2.24. The van der Waals surface area contributed by atoms with E-state index in [0.29, 0.717) is 12.2 Å². The van der Waals surface area contributed by atoms with Gasteiger partial charge in [-0.15, -0.1) is 12.4 Å². The van der Waals surface area contributed by atoms with Crippen LogP contribution in [-0.2, 0) is 0 Å². The fourth-order valence-corrected chi connectivity index (χ4v) is 2.63. The number of carbonyl (C=O) groups is 1. The first kappa shape index (κ1) is 19.2. The number of benzene rings is 1. The van der Waals surface area contributed by atoms with Crippen LogP contribution in [0.15, 0.2) is 18.2 Å². The second-order valence-electron chi connectivity index (χ2n) is 5.27. The average Bonchev–Trinajstić information content (AvgIpc) is 2.54. The number of hydrogen-bond donors (Lipinski definition) is 1. The van der Waals surface area contributed by atoms with E-state index in [1.807, 2.05) is 0 Å². The van der Waals surface area contributed by atoms with Crippen LogP contribution in [0.3, 0.4) is 0 Å². The molecule has 1 N–H and O–H groups in total. The molecule has 8 heteroatoms. The first-order valence-corrected chi connectivity index (χ1v) is 7.43. The van der Waals surface area contributed by atoms with Crippen molar-refractivity contribution in [3.8, 4) is 5.75 Å². The highest BCUT2D eigenvalue weighted by Gasteiger charge is 2.25. The van der Waals surface area contributed by atoms with Crippen molar-refractivity contribution in [2.24, 2.45) is 0 Å². The van der Waals surface area contributed by atoms with E-state index in [1.165, 1.54) is 12.1 Å². The van der Waals surface area contributed by atoms with Crippen molar-refractivity contribution in [3.05, 3.63) is 33.9 Å². The summed E-state index contributed by atoms with van der Waals surface area (Å²) in [6.07, 6.45) is 1.78. The smallest absolute Gasteiger partial charge is 0.311 e. The molecule has 0 unspecified atom stereocenters. The number of amides is 1. The van der Waals surface area contributed by atoms with Crippen molar-refractivity contribution >= 4 is 24.0 Å². The monoisotopic (exact) mass is 343 g/mol. The van der Waals surface area contributed by atoms with E-state index in [2.05, 4.69) is 5.32 Å². The molecule has 1 amide bonds. The Morgan fingerprint density at radius 3 is 2.65 bits per heavy atom. The molecule has 0 radical (unpaired) electrons. The van der Waals surface area contributed by atoms with Crippen LogP contribution in [0.25, 0.3) is 0 Å². The summed E-state index contributed by atoms with van der Waals surface area (Å²) < 4.78 is 5.24. The van der Waals surface area contributed by atoms with Gasteiger partial charge < -0.3 is 15.0 Å². The lowest BCUT2D eigenvalue weighted by Crippen LogP contribution is -2.43. The second kappa shape index (κ2) is 8.69. The van der Waals surface area contributed by atoms with Crippen molar-refractivity contribution in [3.63, 3.8) is 0 Å². The van der Waals surface area contributed by atoms with Crippen LogP contribution in [0.2, 0.25) is 0 Å². The molecule has 1 aromatic carbocycles. The number of nitro benzene ring substituents is 1. The Hall–Kier alpha value is -1.86. The molecule has 0 saturated carbocycles. The van der Waals surface area contributed by atoms with E-state index in [1.54, 1.807) is 24.9 Å². The standard InChI is InChI=1S/C15H21N3O4.ClH/c1-3-22-14-5-4-11(10-13(14)18(20)21)15(19)17(2)12-6-8-16-9-7-12;/h4-5,10,12,16H,3,6-9H2,1-2H3;1H. The van der Waals surface area contributed by atoms with Gasteiger partial charge >= 0.3 is 5.69 Å². The van der Waals surface area contributed by atoms with E-state index in [-0.39, 0.29) is 35.8 Å². The lowest BCUT2D eigenvalue weighted by Gasteiger charge is -2.31. The number of nitrogens with one attached hydrogen (secondary N) is 1. The summed E-state index contributed by atoms with van der Waals surface area (Å²) in [6.45, 7) is 3.86. The molecule has 128 valence electrons. The van der Waals surface area contributed by atoms with Gasteiger partial charge in [0, 0.05) is 24.7 Å². The summed E-state index contributed by atoms with van der Waals surface area (Å²) in [5.74, 6) is -0.00776. The molecular weight excluding hydrogens is 322 g/mol. The highest BCUT2D eigenvalue weighted by Crippen LogP contribution is 2.28. The highest BCUT2D eigenvalue weighted by atomic mass is 35.5. The Morgan fingerprint density at radius 1 is 1.43 bits per heavy atom. The molecule has 0 bridgehead atoms. The van der Waals surface area contributed by atoms with Gasteiger partial charge in [-0.05, 0) is 45.0 Å². The third-order valence-corrected chi connectivity index (χ3v) is 3.88. The number of halogens is 1. The van der Waals surface area contributed by atoms with Crippen molar-refractivity contribution in [1.82, 2.24) is 10.2 Å². The summed E-state index contributed by atoms with van der Waals surface area (Å²) in [7, 11) is 1.75. The number of ether oxygens (including phenoxy) is 1. The summed E-state index contributed by atoms with van der Waals surface area (Å²) in [5, 5.41) is 14.4. The maximum absolute atomic E-state index is 12.5. The number of nitrogens with zero attached hydrogens (tertiary/aromatic N) is 2. The van der Waals surface area contributed by atoms with Crippen LogP contribution >= 0.6 is 12.4 Å². The molecule has 1 aromatic rings. The fraction of sp³-hybridized carbons (Fsp3) is 0.533. The molecular formula is C15H22ClN3O4. The molecule has 23 heavy (non-hydrogen) atoms. The van der Waals surface area contributed by atoms with Crippen LogP contribution in [0.5, 0.6) is 5.75 Å². The molecule has 7 nitrogen and oxygen atoms in total. The molecule has 1 aliphatic rings. The van der Waals surface area contributed by atoms with Gasteiger partial charge in [-0.25, -0.2) is 0 Å². The molecule has 0 aliphatic carbocycles. The Bertz CT molecular complexity index is 562. The lowest BCUT2D eigenvalue weighted by atomic mass is 10.0. The summed E-state index contributed by atoms with van der Waals surface area (Å²) >= 11 is 0. The SMILES string of the molecule is CCOc1ccc(C(=O)N(C)C2CCNCC2)cc1[N+](=O)[O-].Cl. The van der Waals surface area contributed by atoms with Gasteiger partial charge in [-0.1, -0.05) is 0 Å². The zero-order valence-corrected chi connectivity index (χ0v) is 14.1. The summed E-state index contributed by atoms with van der Waals surface area (Å²) in [6, 6.07) is 4.54. The van der Waals surface area contributed by atoms with Crippen molar-refractivity contribution in [1.29, 1.82) is 0 Å². The average molecular weight is 344 g/mol. The van der Waals surface area contributed by atoms with Crippen LogP contribution in [0.1, 0.15) is 30.1 Å². The molecule has 1 aliphatic heterocycles. The number of hydrogen-bond acceptors (Lipinski definition) is 5.